The summed E-state index contributed by atoms with van der Waals surface area (Å²) in [7, 11) is 2.07. The van der Waals surface area contributed by atoms with Crippen LogP contribution < -0.4 is 14.2 Å². The Bertz CT molecular complexity index is 2450. The zero-order valence-electron chi connectivity index (χ0n) is 31.3. The van der Waals surface area contributed by atoms with E-state index in [2.05, 4.69) is 31.9 Å². The molecule has 1 atom stereocenters. The minimum absolute atomic E-state index is 0. The third kappa shape index (κ3) is 9.48. The van der Waals surface area contributed by atoms with Crippen LogP contribution in [0, 0.1) is 12.9 Å². The molecule has 1 N–H and O–H groups in total. The van der Waals surface area contributed by atoms with Crippen molar-refractivity contribution < 1.29 is 54.9 Å². The van der Waals surface area contributed by atoms with Crippen molar-refractivity contribution in [3.63, 3.8) is 0 Å². The van der Waals surface area contributed by atoms with Gasteiger partial charge in [0.2, 0.25) is 5.88 Å². The van der Waals surface area contributed by atoms with Gasteiger partial charge in [0, 0.05) is 50.6 Å². The Morgan fingerprint density at radius 1 is 1.00 bits per heavy atom. The lowest BCUT2D eigenvalue weighted by atomic mass is 9.97. The van der Waals surface area contributed by atoms with E-state index in [4.69, 9.17) is 30.2 Å². The number of hydrogen-bond acceptors (Lipinski definition) is 11. The largest absolute Gasteiger partial charge is 0.491 e. The van der Waals surface area contributed by atoms with Crippen LogP contribution >= 0.6 is 22.9 Å². The first-order valence-electron chi connectivity index (χ1n) is 18.0. The summed E-state index contributed by atoms with van der Waals surface area (Å²) in [6.07, 6.45) is -5.45. The lowest BCUT2D eigenvalue weighted by molar-refractivity contribution is -0.169. The molecule has 7 rings (SSSR count). The van der Waals surface area contributed by atoms with Gasteiger partial charge in [-0.25, -0.2) is 14.8 Å². The molecule has 1 aliphatic heterocycles. The Hall–Kier alpha value is -5.37. The fourth-order valence-corrected chi connectivity index (χ4v) is 7.94. The van der Waals surface area contributed by atoms with Gasteiger partial charge in [0.05, 0.1) is 26.5 Å². The van der Waals surface area contributed by atoms with Crippen molar-refractivity contribution in [2.24, 2.45) is 0 Å². The number of piperazine rings is 1. The van der Waals surface area contributed by atoms with E-state index in [-0.39, 0.29) is 39.7 Å². The van der Waals surface area contributed by atoms with Gasteiger partial charge >= 0.3 is 18.1 Å². The predicted molar refractivity (Wildman–Crippen MR) is 211 cm³/mol. The molecular weight excluding hydrogens is 842 g/mol. The molecule has 320 valence electrons. The van der Waals surface area contributed by atoms with Crippen LogP contribution in [0.3, 0.4) is 0 Å². The van der Waals surface area contributed by atoms with Crippen molar-refractivity contribution in [1.29, 1.82) is 0 Å². The summed E-state index contributed by atoms with van der Waals surface area (Å²) in [4.78, 5) is 26.1. The predicted octanol–water partition coefficient (Wildman–Crippen LogP) is 8.94. The van der Waals surface area contributed by atoms with Crippen molar-refractivity contribution in [3.05, 3.63) is 95.0 Å². The number of alkyl halides is 5. The molecule has 6 aromatic rings. The van der Waals surface area contributed by atoms with Crippen LogP contribution in [0.15, 0.2) is 71.5 Å². The van der Waals surface area contributed by atoms with E-state index in [9.17, 15) is 27.5 Å². The van der Waals surface area contributed by atoms with Gasteiger partial charge in [0.1, 0.15) is 48.2 Å². The van der Waals surface area contributed by atoms with E-state index in [1.807, 2.05) is 0 Å². The van der Waals surface area contributed by atoms with Gasteiger partial charge in [0.15, 0.2) is 0 Å². The maximum absolute atomic E-state index is 16.6. The first-order chi connectivity index (χ1) is 28.1. The van der Waals surface area contributed by atoms with E-state index >= 15 is 8.78 Å². The van der Waals surface area contributed by atoms with Crippen molar-refractivity contribution >= 4 is 39.1 Å². The number of thiophene rings is 1. The molecule has 0 unspecified atom stereocenters. The summed E-state index contributed by atoms with van der Waals surface area (Å²) in [5, 5.41) is 14.1. The maximum Gasteiger partial charge on any atom is 0.408 e. The third-order valence-electron chi connectivity index (χ3n) is 9.67. The zero-order valence-corrected chi connectivity index (χ0v) is 32.9. The molecule has 5 heterocycles. The molecule has 2 aromatic carbocycles. The number of fused-ring (bicyclic) bond motifs is 1. The zero-order chi connectivity index (χ0) is 42.1. The fourth-order valence-electron chi connectivity index (χ4n) is 6.61. The number of furan rings is 1. The quantitative estimate of drug-likeness (QED) is 0.0994. The molecule has 0 spiro atoms. The standard InChI is InChI=1S/C39H35ClF6N6O6S.CH4/c1-22-24(7-8-27(32(22)40)55-18-17-51-15-13-50(2)14-16-51)30-31-35(47-21-48-36(31)59-33(30)28-9-10-29(41)57-28)58-34(37(53)54)39(45,46)25-5-3-4-6-26(25)56-19-23-11-12-49-52(23)20-38(42,43)44;/h3-12,21,34H,13-20H2,1-2H3,(H,53,54);1H4/t34-;/m1./s1. The number of hydrogen-bond donors (Lipinski definition) is 1. The molecule has 4 aromatic heterocycles. The number of ether oxygens (including phenoxy) is 3. The SMILES string of the molecule is C.Cc1c(-c2c(-c3ccc(F)o3)sc3ncnc(O[C@H](C(=O)O)C(F)(F)c4ccccc4OCc4ccnn4CC(F)(F)F)c23)ccc(OCCN2CCN(C)CC2)c1Cl. The van der Waals surface area contributed by atoms with Crippen molar-refractivity contribution in [1.82, 2.24) is 29.5 Å². The average Bonchev–Trinajstić information content (AvgIpc) is 3.93. The van der Waals surface area contributed by atoms with Gasteiger partial charge in [-0.05, 0) is 55.4 Å². The van der Waals surface area contributed by atoms with E-state index in [0.717, 1.165) is 68.2 Å². The average molecular weight is 881 g/mol. The number of likely N-dealkylation sites (N-methyl/N-ethyl adjacent to an activating group) is 1. The van der Waals surface area contributed by atoms with Crippen LogP contribution in [0.4, 0.5) is 26.3 Å². The van der Waals surface area contributed by atoms with Gasteiger partial charge in [-0.3, -0.25) is 9.58 Å². The maximum atomic E-state index is 16.6. The summed E-state index contributed by atoms with van der Waals surface area (Å²) in [5.41, 5.74) is 0.135. The highest BCUT2D eigenvalue weighted by atomic mass is 35.5. The number of aliphatic carboxylic acids is 1. The lowest BCUT2D eigenvalue weighted by Gasteiger charge is -2.32. The molecule has 1 saturated heterocycles. The smallest absolute Gasteiger partial charge is 0.408 e. The second-order valence-electron chi connectivity index (χ2n) is 13.7. The van der Waals surface area contributed by atoms with Gasteiger partial charge in [-0.2, -0.15) is 31.4 Å². The summed E-state index contributed by atoms with van der Waals surface area (Å²) in [6.45, 7) is 4.36. The summed E-state index contributed by atoms with van der Waals surface area (Å²) < 4.78 is 110. The van der Waals surface area contributed by atoms with E-state index < -0.39 is 60.5 Å². The first-order valence-corrected chi connectivity index (χ1v) is 19.2. The molecule has 1 aliphatic rings. The van der Waals surface area contributed by atoms with Crippen molar-refractivity contribution in [2.45, 2.75) is 45.7 Å². The highest BCUT2D eigenvalue weighted by Crippen LogP contribution is 2.50. The Labute approximate surface area is 348 Å². The van der Waals surface area contributed by atoms with Crippen molar-refractivity contribution in [2.75, 3.05) is 46.4 Å². The van der Waals surface area contributed by atoms with Gasteiger partial charge in [0.25, 0.3) is 12.1 Å². The van der Waals surface area contributed by atoms with Gasteiger partial charge in [-0.1, -0.05) is 37.2 Å². The highest BCUT2D eigenvalue weighted by molar-refractivity contribution is 7.22. The molecule has 12 nitrogen and oxygen atoms in total. The number of aromatic nitrogens is 4. The molecule has 0 radical (unpaired) electrons. The molecule has 1 fully saturated rings. The molecule has 0 saturated carbocycles. The van der Waals surface area contributed by atoms with Gasteiger partial charge in [-0.15, -0.1) is 11.3 Å². The van der Waals surface area contributed by atoms with Crippen LogP contribution in [0.5, 0.6) is 17.4 Å². The van der Waals surface area contributed by atoms with Crippen molar-refractivity contribution in [3.8, 4) is 39.1 Å². The number of carbonyl (C=O) groups is 1. The van der Waals surface area contributed by atoms with Gasteiger partial charge < -0.3 is 28.6 Å². The van der Waals surface area contributed by atoms with Crippen LogP contribution in [0.2, 0.25) is 5.02 Å². The first kappa shape index (κ1) is 44.2. The normalized spacial score (nSPS) is 14.6. The van der Waals surface area contributed by atoms with E-state index in [1.165, 1.54) is 24.3 Å². The second kappa shape index (κ2) is 18.1. The molecule has 60 heavy (non-hydrogen) atoms. The molecule has 0 amide bonds. The number of para-hydroxylation sites is 1. The molecule has 20 heteroatoms. The number of carboxylic acid groups (broad SMARTS) is 1. The molecule has 0 bridgehead atoms. The summed E-state index contributed by atoms with van der Waals surface area (Å²) in [5.74, 6) is -7.05. The minimum Gasteiger partial charge on any atom is -0.491 e. The second-order valence-corrected chi connectivity index (χ2v) is 15.0. The highest BCUT2D eigenvalue weighted by Gasteiger charge is 2.51. The Balaban J connectivity index is 0.00000604. The Kier molecular flexibility index (Phi) is 13.3. The monoisotopic (exact) mass is 880 g/mol. The summed E-state index contributed by atoms with van der Waals surface area (Å²) in [6, 6.07) is 10.7. The van der Waals surface area contributed by atoms with Crippen LogP contribution in [-0.4, -0.2) is 99.3 Å². The van der Waals surface area contributed by atoms with Crippen LogP contribution in [0.25, 0.3) is 32.0 Å². The number of carboxylic acids is 1. The number of rotatable bonds is 15. The summed E-state index contributed by atoms with van der Waals surface area (Å²) >= 11 is 7.87. The lowest BCUT2D eigenvalue weighted by Crippen LogP contribution is -2.45. The van der Waals surface area contributed by atoms with Crippen LogP contribution in [0.1, 0.15) is 24.2 Å². The number of nitrogens with zero attached hydrogens (tertiary/aromatic N) is 6. The molecule has 0 aliphatic carbocycles. The van der Waals surface area contributed by atoms with Crippen LogP contribution in [-0.2, 0) is 23.9 Å². The Morgan fingerprint density at radius 2 is 1.75 bits per heavy atom. The fraction of sp³-hybridized carbons (Fsp3) is 0.350. The number of benzene rings is 2. The third-order valence-corrected chi connectivity index (χ3v) is 11.3. The minimum atomic E-state index is -4.62. The Morgan fingerprint density at radius 3 is 2.45 bits per heavy atom. The topological polar surface area (TPSA) is 128 Å². The van der Waals surface area contributed by atoms with E-state index in [0.29, 0.717) is 39.6 Å². The number of halogens is 7. The van der Waals surface area contributed by atoms with E-state index in [1.54, 1.807) is 19.1 Å². The molecular formula is C40H39ClF6N6O6S.